The van der Waals surface area contributed by atoms with E-state index in [1.807, 2.05) is 72.8 Å². The average Bonchev–Trinajstić information content (AvgIpc) is 3.47. The fourth-order valence-corrected chi connectivity index (χ4v) is 4.97. The monoisotopic (exact) mass is 561 g/mol. The van der Waals surface area contributed by atoms with Gasteiger partial charge < -0.3 is 20.1 Å². The van der Waals surface area contributed by atoms with Gasteiger partial charge in [-0.2, -0.15) is 5.10 Å². The van der Waals surface area contributed by atoms with Crippen LogP contribution in [0, 0.1) is 0 Å². The number of carbonyl (C=O) groups is 2. The summed E-state index contributed by atoms with van der Waals surface area (Å²) in [5.41, 5.74) is 4.27. The number of hydrogen-bond donors (Lipinski definition) is 2. The maximum atomic E-state index is 14.1. The van der Waals surface area contributed by atoms with Crippen LogP contribution in [0.15, 0.2) is 110 Å². The van der Waals surface area contributed by atoms with Gasteiger partial charge in [-0.25, -0.2) is 0 Å². The zero-order valence-corrected chi connectivity index (χ0v) is 23.5. The maximum absolute atomic E-state index is 14.1. The third-order valence-electron chi connectivity index (χ3n) is 7.03. The molecule has 2 heterocycles. The lowest BCUT2D eigenvalue weighted by Gasteiger charge is -2.28. The first-order valence-electron chi connectivity index (χ1n) is 13.4. The van der Waals surface area contributed by atoms with Crippen molar-refractivity contribution in [2.45, 2.75) is 12.0 Å². The number of methoxy groups -OCH3 is 2. The highest BCUT2D eigenvalue weighted by Crippen LogP contribution is 2.38. The van der Waals surface area contributed by atoms with Gasteiger partial charge in [0, 0.05) is 24.8 Å². The van der Waals surface area contributed by atoms with Crippen LogP contribution in [0.3, 0.4) is 0 Å². The highest BCUT2D eigenvalue weighted by atomic mass is 16.5. The minimum Gasteiger partial charge on any atom is -0.494 e. The SMILES string of the molecule is COc1cncc(OC)c1-c1ccc(NC(=O)[C@@H](NC(=O)c2ccnn2C)C(c2ccccc2)c2ccccc2)cc1. The molecule has 2 N–H and O–H groups in total. The largest absolute Gasteiger partial charge is 0.494 e. The van der Waals surface area contributed by atoms with E-state index in [0.717, 1.165) is 22.3 Å². The molecule has 5 rings (SSSR count). The third-order valence-corrected chi connectivity index (χ3v) is 7.03. The lowest BCUT2D eigenvalue weighted by Crippen LogP contribution is -2.48. The van der Waals surface area contributed by atoms with Crippen LogP contribution in [0.5, 0.6) is 11.5 Å². The molecular formula is C33H31N5O4. The van der Waals surface area contributed by atoms with Crippen molar-refractivity contribution in [2.24, 2.45) is 7.05 Å². The Morgan fingerprint density at radius 2 is 1.36 bits per heavy atom. The number of anilines is 1. The minimum absolute atomic E-state index is 0.345. The quantitative estimate of drug-likeness (QED) is 0.247. The van der Waals surface area contributed by atoms with Crippen molar-refractivity contribution in [3.05, 3.63) is 126 Å². The average molecular weight is 562 g/mol. The van der Waals surface area contributed by atoms with Crippen molar-refractivity contribution in [2.75, 3.05) is 19.5 Å². The molecule has 212 valence electrons. The predicted octanol–water partition coefficient (Wildman–Crippen LogP) is 5.07. The molecule has 42 heavy (non-hydrogen) atoms. The summed E-state index contributed by atoms with van der Waals surface area (Å²) in [6, 6.07) is 27.3. The van der Waals surface area contributed by atoms with Gasteiger partial charge >= 0.3 is 0 Å². The van der Waals surface area contributed by atoms with E-state index in [4.69, 9.17) is 9.47 Å². The Morgan fingerprint density at radius 1 is 0.786 bits per heavy atom. The first kappa shape index (κ1) is 28.1. The van der Waals surface area contributed by atoms with Crippen molar-refractivity contribution in [1.82, 2.24) is 20.1 Å². The fraction of sp³-hybridized carbons (Fsp3) is 0.152. The van der Waals surface area contributed by atoms with E-state index in [9.17, 15) is 9.59 Å². The number of benzene rings is 3. The second-order valence-corrected chi connectivity index (χ2v) is 9.58. The summed E-state index contributed by atoms with van der Waals surface area (Å²) < 4.78 is 12.5. The topological polar surface area (TPSA) is 107 Å². The molecule has 0 radical (unpaired) electrons. The molecule has 0 bridgehead atoms. The summed E-state index contributed by atoms with van der Waals surface area (Å²) in [5, 5.41) is 10.1. The predicted molar refractivity (Wildman–Crippen MR) is 161 cm³/mol. The number of nitrogens with zero attached hydrogens (tertiary/aromatic N) is 3. The highest BCUT2D eigenvalue weighted by Gasteiger charge is 2.33. The van der Waals surface area contributed by atoms with Crippen molar-refractivity contribution in [1.29, 1.82) is 0 Å². The molecule has 0 fully saturated rings. The van der Waals surface area contributed by atoms with Crippen LogP contribution in [0.25, 0.3) is 11.1 Å². The Morgan fingerprint density at radius 3 is 1.86 bits per heavy atom. The van der Waals surface area contributed by atoms with E-state index in [2.05, 4.69) is 20.7 Å². The van der Waals surface area contributed by atoms with Crippen LogP contribution in [0.2, 0.25) is 0 Å². The van der Waals surface area contributed by atoms with Crippen LogP contribution in [-0.2, 0) is 11.8 Å². The van der Waals surface area contributed by atoms with Crippen LogP contribution < -0.4 is 20.1 Å². The summed E-state index contributed by atoms with van der Waals surface area (Å²) in [6.45, 7) is 0. The Kier molecular flexibility index (Phi) is 8.58. The number of nitrogens with one attached hydrogen (secondary N) is 2. The number of hydrogen-bond acceptors (Lipinski definition) is 6. The maximum Gasteiger partial charge on any atom is 0.270 e. The van der Waals surface area contributed by atoms with E-state index in [1.54, 1.807) is 58.1 Å². The van der Waals surface area contributed by atoms with Crippen molar-refractivity contribution in [3.63, 3.8) is 0 Å². The third kappa shape index (κ3) is 6.00. The highest BCUT2D eigenvalue weighted by molar-refractivity contribution is 6.01. The molecular weight excluding hydrogens is 530 g/mol. The standard InChI is InChI=1S/C33H31N5O4/c1-38-26(18-19-35-38)32(39)37-31(29(22-10-6-4-7-11-22)23-12-8-5-9-13-23)33(40)36-25-16-14-24(15-17-25)30-27(41-2)20-34-21-28(30)42-3/h4-21,29,31H,1-3H3,(H,36,40)(H,37,39)/t31-/m0/s1. The first-order chi connectivity index (χ1) is 20.5. The van der Waals surface area contributed by atoms with E-state index in [-0.39, 0.29) is 5.91 Å². The van der Waals surface area contributed by atoms with Gasteiger partial charge in [-0.1, -0.05) is 72.8 Å². The molecule has 0 aliphatic heterocycles. The number of carbonyl (C=O) groups excluding carboxylic acids is 2. The molecule has 0 unspecified atom stereocenters. The summed E-state index contributed by atoms with van der Waals surface area (Å²) in [6.07, 6.45) is 4.79. The molecule has 9 nitrogen and oxygen atoms in total. The molecule has 5 aromatic rings. The second-order valence-electron chi connectivity index (χ2n) is 9.58. The van der Waals surface area contributed by atoms with Gasteiger partial charge in [0.25, 0.3) is 5.91 Å². The van der Waals surface area contributed by atoms with Crippen LogP contribution in [0.4, 0.5) is 5.69 Å². The Hall–Kier alpha value is -5.44. The van der Waals surface area contributed by atoms with Crippen LogP contribution in [-0.4, -0.2) is 46.8 Å². The van der Waals surface area contributed by atoms with Crippen LogP contribution >= 0.6 is 0 Å². The smallest absolute Gasteiger partial charge is 0.270 e. The Bertz CT molecular complexity index is 1590. The second kappa shape index (κ2) is 12.8. The zero-order chi connectivity index (χ0) is 29.5. The Labute approximate surface area is 244 Å². The summed E-state index contributed by atoms with van der Waals surface area (Å²) in [7, 11) is 4.83. The lowest BCUT2D eigenvalue weighted by molar-refractivity contribution is -0.118. The van der Waals surface area contributed by atoms with Crippen molar-refractivity contribution < 1.29 is 19.1 Å². The number of aromatic nitrogens is 3. The van der Waals surface area contributed by atoms with Gasteiger partial charge in [0.1, 0.15) is 23.2 Å². The van der Waals surface area contributed by atoms with Crippen molar-refractivity contribution in [3.8, 4) is 22.6 Å². The number of ether oxygens (including phenoxy) is 2. The van der Waals surface area contributed by atoms with E-state index >= 15 is 0 Å². The number of rotatable bonds is 10. The molecule has 2 amide bonds. The number of amides is 2. The van der Waals surface area contributed by atoms with E-state index < -0.39 is 17.9 Å². The molecule has 3 aromatic carbocycles. The minimum atomic E-state index is -0.947. The Balaban J connectivity index is 1.49. The zero-order valence-electron chi connectivity index (χ0n) is 23.5. The lowest BCUT2D eigenvalue weighted by atomic mass is 9.84. The molecule has 1 atom stereocenters. The number of aryl methyl sites for hydroxylation is 1. The van der Waals surface area contributed by atoms with E-state index in [0.29, 0.717) is 22.9 Å². The van der Waals surface area contributed by atoms with Gasteiger partial charge in [0.2, 0.25) is 5.91 Å². The normalized spacial score (nSPS) is 11.5. The fourth-order valence-electron chi connectivity index (χ4n) is 4.97. The molecule has 0 spiro atoms. The summed E-state index contributed by atoms with van der Waals surface area (Å²) in [5.74, 6) is -0.0984. The molecule has 0 aliphatic rings. The molecule has 0 aliphatic carbocycles. The van der Waals surface area contributed by atoms with Gasteiger partial charge in [-0.3, -0.25) is 19.3 Å². The van der Waals surface area contributed by atoms with Gasteiger partial charge in [-0.05, 0) is 34.9 Å². The summed E-state index contributed by atoms with van der Waals surface area (Å²) in [4.78, 5) is 31.6. The summed E-state index contributed by atoms with van der Waals surface area (Å²) >= 11 is 0. The molecule has 0 saturated heterocycles. The van der Waals surface area contributed by atoms with Gasteiger partial charge in [0.15, 0.2) is 0 Å². The van der Waals surface area contributed by atoms with E-state index in [1.165, 1.54) is 4.68 Å². The molecule has 0 saturated carbocycles. The first-order valence-corrected chi connectivity index (χ1v) is 13.4. The van der Waals surface area contributed by atoms with Crippen molar-refractivity contribution >= 4 is 17.5 Å². The number of pyridine rings is 1. The molecule has 2 aromatic heterocycles. The van der Waals surface area contributed by atoms with Gasteiger partial charge in [0.05, 0.1) is 32.2 Å². The van der Waals surface area contributed by atoms with Gasteiger partial charge in [-0.15, -0.1) is 0 Å². The van der Waals surface area contributed by atoms with Crippen LogP contribution in [0.1, 0.15) is 27.5 Å². The molecule has 9 heteroatoms.